The number of para-hydroxylation sites is 1. The van der Waals surface area contributed by atoms with Crippen molar-refractivity contribution in [1.29, 1.82) is 0 Å². The van der Waals surface area contributed by atoms with Crippen molar-refractivity contribution < 1.29 is 14.6 Å². The van der Waals surface area contributed by atoms with Crippen molar-refractivity contribution in [3.63, 3.8) is 0 Å². The molecule has 0 saturated carbocycles. The van der Waals surface area contributed by atoms with Crippen LogP contribution in [0.5, 0.6) is 11.5 Å². The van der Waals surface area contributed by atoms with E-state index >= 15 is 0 Å². The Balaban J connectivity index is 2.23. The number of nitrogens with zero attached hydrogens (tertiary/aromatic N) is 2. The van der Waals surface area contributed by atoms with Gasteiger partial charge in [0.05, 0.1) is 25.1 Å². The summed E-state index contributed by atoms with van der Waals surface area (Å²) >= 11 is 5.59. The van der Waals surface area contributed by atoms with Crippen molar-refractivity contribution in [2.75, 3.05) is 12.4 Å². The Hall–Kier alpha value is -2.34. The molecule has 6 nitrogen and oxygen atoms in total. The maximum Gasteiger partial charge on any atom is 0.260 e. The lowest BCUT2D eigenvalue weighted by molar-refractivity contribution is 0.102. The van der Waals surface area contributed by atoms with Crippen LogP contribution in [-0.4, -0.2) is 28.1 Å². The number of carbonyl (C=O) groups excluding carboxylic acids is 1. The van der Waals surface area contributed by atoms with Gasteiger partial charge in [-0.2, -0.15) is 0 Å². The van der Waals surface area contributed by atoms with Crippen LogP contribution in [-0.2, 0) is 0 Å². The lowest BCUT2D eigenvalue weighted by Crippen LogP contribution is -2.13. The third kappa shape index (κ3) is 2.92. The smallest absolute Gasteiger partial charge is 0.260 e. The molecule has 2 aromatic rings. The third-order valence-electron chi connectivity index (χ3n) is 2.33. The second kappa shape index (κ2) is 5.53. The first-order valence-corrected chi connectivity index (χ1v) is 5.64. The molecule has 0 atom stereocenters. The molecule has 7 heteroatoms. The van der Waals surface area contributed by atoms with E-state index in [2.05, 4.69) is 15.3 Å². The molecule has 1 amide bonds. The predicted octanol–water partition coefficient (Wildman–Crippen LogP) is 2.10. The highest BCUT2D eigenvalue weighted by Gasteiger charge is 2.15. The highest BCUT2D eigenvalue weighted by molar-refractivity contribution is 6.29. The fourth-order valence-electron chi connectivity index (χ4n) is 1.43. The van der Waals surface area contributed by atoms with Crippen LogP contribution >= 0.6 is 11.6 Å². The number of benzene rings is 1. The number of phenols is 1. The van der Waals surface area contributed by atoms with E-state index in [0.29, 0.717) is 0 Å². The topological polar surface area (TPSA) is 84.3 Å². The zero-order valence-corrected chi connectivity index (χ0v) is 10.7. The van der Waals surface area contributed by atoms with Gasteiger partial charge < -0.3 is 15.2 Å². The molecule has 0 bridgehead atoms. The summed E-state index contributed by atoms with van der Waals surface area (Å²) in [6.07, 6.45) is 2.63. The van der Waals surface area contributed by atoms with E-state index < -0.39 is 5.91 Å². The number of aromatic hydroxyl groups is 1. The van der Waals surface area contributed by atoms with Crippen LogP contribution in [0.25, 0.3) is 0 Å². The van der Waals surface area contributed by atoms with E-state index in [1.54, 1.807) is 12.1 Å². The molecule has 1 aromatic heterocycles. The molecule has 0 unspecified atom stereocenters. The largest absolute Gasteiger partial charge is 0.504 e. The fraction of sp³-hybridized carbons (Fsp3) is 0.0833. The van der Waals surface area contributed by atoms with Gasteiger partial charge in [-0.05, 0) is 12.1 Å². The van der Waals surface area contributed by atoms with Crippen molar-refractivity contribution in [3.05, 3.63) is 41.3 Å². The molecule has 0 aliphatic carbocycles. The summed E-state index contributed by atoms with van der Waals surface area (Å²) in [7, 11) is 1.40. The van der Waals surface area contributed by atoms with Gasteiger partial charge >= 0.3 is 0 Å². The minimum absolute atomic E-state index is 0.0797. The van der Waals surface area contributed by atoms with Gasteiger partial charge in [-0.25, -0.2) is 9.97 Å². The third-order valence-corrected chi connectivity index (χ3v) is 2.52. The minimum Gasteiger partial charge on any atom is -0.504 e. The summed E-state index contributed by atoms with van der Waals surface area (Å²) in [5, 5.41) is 12.6. The van der Waals surface area contributed by atoms with E-state index in [1.165, 1.54) is 25.6 Å². The van der Waals surface area contributed by atoms with E-state index in [1.807, 2.05) is 0 Å². The number of carbonyl (C=O) groups is 1. The molecule has 0 radical (unpaired) electrons. The van der Waals surface area contributed by atoms with Gasteiger partial charge in [-0.1, -0.05) is 17.7 Å². The second-order valence-electron chi connectivity index (χ2n) is 3.53. The molecular formula is C12H10ClN3O3. The number of phenolic OH excluding ortho intramolecular Hbond substituents is 1. The number of amides is 1. The van der Waals surface area contributed by atoms with Gasteiger partial charge in [0.2, 0.25) is 0 Å². The van der Waals surface area contributed by atoms with E-state index in [-0.39, 0.29) is 28.0 Å². The number of anilines is 1. The van der Waals surface area contributed by atoms with Crippen LogP contribution in [0.2, 0.25) is 5.15 Å². The van der Waals surface area contributed by atoms with E-state index in [0.717, 1.165) is 0 Å². The number of methoxy groups -OCH3 is 1. The molecule has 2 rings (SSSR count). The zero-order chi connectivity index (χ0) is 13.8. The Kier molecular flexibility index (Phi) is 3.82. The SMILES string of the molecule is COc1cccc(C(=O)Nc2cnc(Cl)cn2)c1O. The van der Waals surface area contributed by atoms with Crippen LogP contribution in [0.4, 0.5) is 5.82 Å². The van der Waals surface area contributed by atoms with Crippen LogP contribution in [0.15, 0.2) is 30.6 Å². The van der Waals surface area contributed by atoms with Gasteiger partial charge in [0.25, 0.3) is 5.91 Å². The standard InChI is InChI=1S/C12H10ClN3O3/c1-19-8-4-2-3-7(11(8)17)12(18)16-10-6-14-9(13)5-15-10/h2-6,17H,1H3,(H,15,16,18). The van der Waals surface area contributed by atoms with Gasteiger partial charge in [0.1, 0.15) is 5.15 Å². The summed E-state index contributed by atoms with van der Waals surface area (Å²) in [5.41, 5.74) is 0.0797. The lowest BCUT2D eigenvalue weighted by Gasteiger charge is -2.08. The molecule has 98 valence electrons. The first kappa shape index (κ1) is 13.1. The van der Waals surface area contributed by atoms with Crippen LogP contribution in [0.1, 0.15) is 10.4 Å². The minimum atomic E-state index is -0.520. The van der Waals surface area contributed by atoms with E-state index in [9.17, 15) is 9.90 Å². The number of hydrogen-bond acceptors (Lipinski definition) is 5. The van der Waals surface area contributed by atoms with Crippen molar-refractivity contribution in [1.82, 2.24) is 9.97 Å². The number of hydrogen-bond donors (Lipinski definition) is 2. The van der Waals surface area contributed by atoms with Gasteiger partial charge in [0, 0.05) is 0 Å². The van der Waals surface area contributed by atoms with Crippen molar-refractivity contribution in [3.8, 4) is 11.5 Å². The molecule has 0 aliphatic rings. The summed E-state index contributed by atoms with van der Waals surface area (Å²) in [5.74, 6) is -0.302. The molecule has 2 N–H and O–H groups in total. The summed E-state index contributed by atoms with van der Waals surface area (Å²) in [4.78, 5) is 19.6. The molecule has 1 aromatic carbocycles. The highest BCUT2D eigenvalue weighted by atomic mass is 35.5. The highest BCUT2D eigenvalue weighted by Crippen LogP contribution is 2.29. The monoisotopic (exact) mass is 279 g/mol. The van der Waals surface area contributed by atoms with Crippen molar-refractivity contribution >= 4 is 23.3 Å². The van der Waals surface area contributed by atoms with Crippen LogP contribution in [0, 0.1) is 0 Å². The first-order chi connectivity index (χ1) is 9.11. The Morgan fingerprint density at radius 2 is 2.16 bits per heavy atom. The van der Waals surface area contributed by atoms with Gasteiger partial charge in [-0.15, -0.1) is 0 Å². The quantitative estimate of drug-likeness (QED) is 0.899. The van der Waals surface area contributed by atoms with Crippen LogP contribution < -0.4 is 10.1 Å². The maximum atomic E-state index is 12.0. The molecule has 0 spiro atoms. The first-order valence-electron chi connectivity index (χ1n) is 5.26. The summed E-state index contributed by atoms with van der Waals surface area (Å²) in [6.45, 7) is 0. The van der Waals surface area contributed by atoms with Gasteiger partial charge in [0.15, 0.2) is 17.3 Å². The Morgan fingerprint density at radius 3 is 2.79 bits per heavy atom. The second-order valence-corrected chi connectivity index (χ2v) is 3.92. The number of ether oxygens (including phenoxy) is 1. The molecular weight excluding hydrogens is 270 g/mol. The average Bonchev–Trinajstić information content (AvgIpc) is 2.41. The molecule has 19 heavy (non-hydrogen) atoms. The Bertz CT molecular complexity index is 602. The Morgan fingerprint density at radius 1 is 1.37 bits per heavy atom. The molecule has 1 heterocycles. The van der Waals surface area contributed by atoms with Crippen molar-refractivity contribution in [2.45, 2.75) is 0 Å². The maximum absolute atomic E-state index is 12.0. The summed E-state index contributed by atoms with van der Waals surface area (Å²) < 4.78 is 4.93. The molecule has 0 fully saturated rings. The van der Waals surface area contributed by atoms with Gasteiger partial charge in [-0.3, -0.25) is 4.79 Å². The van der Waals surface area contributed by atoms with Crippen molar-refractivity contribution in [2.24, 2.45) is 0 Å². The number of rotatable bonds is 3. The molecule has 0 aliphatic heterocycles. The average molecular weight is 280 g/mol. The lowest BCUT2D eigenvalue weighted by atomic mass is 10.1. The normalized spacial score (nSPS) is 10.0. The van der Waals surface area contributed by atoms with Crippen LogP contribution in [0.3, 0.4) is 0 Å². The number of nitrogens with one attached hydrogen (secondary N) is 1. The molecule has 0 saturated heterocycles. The zero-order valence-electron chi connectivity index (χ0n) is 9.92. The predicted molar refractivity (Wildman–Crippen MR) is 69.7 cm³/mol. The Labute approximate surface area is 114 Å². The summed E-state index contributed by atoms with van der Waals surface area (Å²) in [6, 6.07) is 4.62. The number of aromatic nitrogens is 2. The number of halogens is 1. The van der Waals surface area contributed by atoms with E-state index in [4.69, 9.17) is 16.3 Å². The fourth-order valence-corrected chi connectivity index (χ4v) is 1.53.